The van der Waals surface area contributed by atoms with Crippen LogP contribution in [0, 0.1) is 0 Å². The lowest BCUT2D eigenvalue weighted by Gasteiger charge is -2.17. The van der Waals surface area contributed by atoms with Crippen molar-refractivity contribution >= 4 is 5.97 Å². The predicted molar refractivity (Wildman–Crippen MR) is 114 cm³/mol. The number of allylic oxidation sites excluding steroid dienone is 1. The number of halogens is 3. The number of hydrogen-bond donors (Lipinski definition) is 1. The van der Waals surface area contributed by atoms with E-state index in [4.69, 9.17) is 14.3 Å². The van der Waals surface area contributed by atoms with E-state index in [1.165, 1.54) is 24.3 Å². The van der Waals surface area contributed by atoms with Crippen molar-refractivity contribution in [3.63, 3.8) is 0 Å². The van der Waals surface area contributed by atoms with Gasteiger partial charge in [-0.15, -0.1) is 0 Å². The SMILES string of the molecule is O=C(O)COC1=C=C=C2CCN(Cc3ccc(-c4ccc(C(F)(F)CF)cc4)o3)CCC2=C1. The van der Waals surface area contributed by atoms with Gasteiger partial charge < -0.3 is 14.3 Å². The highest BCUT2D eigenvalue weighted by Crippen LogP contribution is 2.31. The van der Waals surface area contributed by atoms with Crippen LogP contribution in [0.2, 0.25) is 0 Å². The molecule has 33 heavy (non-hydrogen) atoms. The van der Waals surface area contributed by atoms with Crippen LogP contribution in [0.1, 0.15) is 24.2 Å². The number of ether oxygens (including phenoxy) is 1. The first-order valence-electron chi connectivity index (χ1n) is 10.5. The van der Waals surface area contributed by atoms with E-state index in [1.807, 2.05) is 12.1 Å². The molecule has 172 valence electrons. The Kier molecular flexibility index (Phi) is 6.61. The van der Waals surface area contributed by atoms with Gasteiger partial charge in [0, 0.05) is 29.8 Å². The quantitative estimate of drug-likeness (QED) is 0.552. The maximum Gasteiger partial charge on any atom is 0.341 e. The highest BCUT2D eigenvalue weighted by Gasteiger charge is 2.31. The van der Waals surface area contributed by atoms with Crippen LogP contribution in [0.3, 0.4) is 0 Å². The van der Waals surface area contributed by atoms with Crippen molar-refractivity contribution in [1.82, 2.24) is 4.90 Å². The normalized spacial score (nSPS) is 16.4. The molecule has 5 nitrogen and oxygen atoms in total. The second kappa shape index (κ2) is 9.59. The summed E-state index contributed by atoms with van der Waals surface area (Å²) < 4.78 is 50.6. The third kappa shape index (κ3) is 5.49. The number of carbonyl (C=O) groups is 1. The molecule has 0 bridgehead atoms. The molecule has 0 unspecified atom stereocenters. The molecule has 4 rings (SSSR count). The van der Waals surface area contributed by atoms with Crippen LogP contribution in [-0.2, 0) is 22.0 Å². The number of hydrogen-bond acceptors (Lipinski definition) is 4. The number of benzene rings is 1. The van der Waals surface area contributed by atoms with Gasteiger partial charge in [0.2, 0.25) is 0 Å². The molecule has 1 fully saturated rings. The first kappa shape index (κ1) is 22.7. The number of aliphatic carboxylic acids is 1. The maximum absolute atomic E-state index is 13.5. The molecule has 1 saturated heterocycles. The van der Waals surface area contributed by atoms with Crippen molar-refractivity contribution in [1.29, 1.82) is 0 Å². The van der Waals surface area contributed by atoms with E-state index in [0.29, 0.717) is 23.6 Å². The van der Waals surface area contributed by atoms with Gasteiger partial charge in [-0.25, -0.2) is 9.18 Å². The van der Waals surface area contributed by atoms with Gasteiger partial charge in [-0.05, 0) is 42.4 Å². The number of carboxylic acids is 1. The van der Waals surface area contributed by atoms with Crippen LogP contribution in [0.5, 0.6) is 0 Å². The van der Waals surface area contributed by atoms with Crippen LogP contribution >= 0.6 is 0 Å². The standard InChI is InChI=1S/C25H22F3NO4/c26-16-25(27,28)20-4-1-18(2-5-20)23-8-7-22(33-23)14-29-11-9-17-3-6-21(32-15-24(30)31)13-19(17)10-12-29/h1-2,4-5,7-8,13H,9-12,14-16H2,(H,30,31). The molecule has 1 aliphatic carbocycles. The van der Waals surface area contributed by atoms with Crippen molar-refractivity contribution in [2.75, 3.05) is 26.4 Å². The predicted octanol–water partition coefficient (Wildman–Crippen LogP) is 5.21. The molecule has 8 heteroatoms. The third-order valence-corrected chi connectivity index (χ3v) is 5.56. The Hall–Kier alpha value is -3.44. The van der Waals surface area contributed by atoms with E-state index >= 15 is 0 Å². The lowest BCUT2D eigenvalue weighted by Crippen LogP contribution is -2.23. The number of fused-ring (bicyclic) bond motifs is 1. The van der Waals surface area contributed by atoms with Gasteiger partial charge in [0.1, 0.15) is 11.5 Å². The zero-order valence-corrected chi connectivity index (χ0v) is 17.7. The van der Waals surface area contributed by atoms with Crippen molar-refractivity contribution in [3.8, 4) is 11.3 Å². The highest BCUT2D eigenvalue weighted by molar-refractivity contribution is 5.68. The molecule has 1 aromatic heterocycles. The number of rotatable bonds is 8. The summed E-state index contributed by atoms with van der Waals surface area (Å²) >= 11 is 0. The fourth-order valence-electron chi connectivity index (χ4n) is 3.77. The van der Waals surface area contributed by atoms with Crippen molar-refractivity contribution in [3.05, 3.63) is 82.2 Å². The molecule has 2 aromatic rings. The Labute approximate surface area is 188 Å². The number of alkyl halides is 3. The second-order valence-electron chi connectivity index (χ2n) is 7.90. The fourth-order valence-corrected chi connectivity index (χ4v) is 3.77. The van der Waals surface area contributed by atoms with Crippen LogP contribution in [0.4, 0.5) is 13.2 Å². The van der Waals surface area contributed by atoms with Gasteiger partial charge >= 0.3 is 11.9 Å². The summed E-state index contributed by atoms with van der Waals surface area (Å²) in [5, 5.41) is 8.75. The fraction of sp³-hybridized carbons (Fsp3) is 0.320. The van der Waals surface area contributed by atoms with Gasteiger partial charge in [-0.3, -0.25) is 4.90 Å². The lowest BCUT2D eigenvalue weighted by atomic mass is 9.99. The molecule has 1 aliphatic heterocycles. The second-order valence-corrected chi connectivity index (χ2v) is 7.90. The molecular formula is C25H22F3NO4. The molecule has 2 aliphatic rings. The first-order valence-corrected chi connectivity index (χ1v) is 10.5. The van der Waals surface area contributed by atoms with E-state index in [-0.39, 0.29) is 5.56 Å². The van der Waals surface area contributed by atoms with Crippen molar-refractivity contribution in [2.24, 2.45) is 0 Å². The van der Waals surface area contributed by atoms with E-state index < -0.39 is 25.2 Å². The van der Waals surface area contributed by atoms with Crippen LogP contribution in [-0.4, -0.2) is 42.3 Å². The average molecular weight is 457 g/mol. The molecular weight excluding hydrogens is 435 g/mol. The van der Waals surface area contributed by atoms with Crippen LogP contribution < -0.4 is 0 Å². The van der Waals surface area contributed by atoms with E-state index in [9.17, 15) is 18.0 Å². The summed E-state index contributed by atoms with van der Waals surface area (Å²) in [5.74, 6) is -2.86. The van der Waals surface area contributed by atoms with E-state index in [1.54, 1.807) is 6.07 Å². The zero-order valence-electron chi connectivity index (χ0n) is 17.7. The average Bonchev–Trinajstić information content (AvgIpc) is 3.19. The van der Waals surface area contributed by atoms with Gasteiger partial charge in [-0.2, -0.15) is 8.78 Å². The highest BCUT2D eigenvalue weighted by atomic mass is 19.3. The minimum Gasteiger partial charge on any atom is -0.479 e. The smallest absolute Gasteiger partial charge is 0.341 e. The van der Waals surface area contributed by atoms with E-state index in [0.717, 1.165) is 42.8 Å². The van der Waals surface area contributed by atoms with Gasteiger partial charge in [0.15, 0.2) is 19.0 Å². The third-order valence-electron chi connectivity index (χ3n) is 5.56. The molecule has 2 heterocycles. The number of likely N-dealkylation sites (tertiary alicyclic amines) is 1. The molecule has 0 spiro atoms. The Morgan fingerprint density at radius 1 is 1.12 bits per heavy atom. The van der Waals surface area contributed by atoms with Crippen LogP contribution in [0.15, 0.2) is 75.3 Å². The molecule has 1 aromatic carbocycles. The summed E-state index contributed by atoms with van der Waals surface area (Å²) in [6.45, 7) is -0.0133. The van der Waals surface area contributed by atoms with Gasteiger partial charge in [0.05, 0.1) is 6.54 Å². The van der Waals surface area contributed by atoms with Crippen LogP contribution in [0.25, 0.3) is 11.3 Å². The summed E-state index contributed by atoms with van der Waals surface area (Å²) in [7, 11) is 0. The number of furan rings is 1. The molecule has 0 saturated carbocycles. The summed E-state index contributed by atoms with van der Waals surface area (Å²) in [4.78, 5) is 12.9. The monoisotopic (exact) mass is 457 g/mol. The molecule has 0 atom stereocenters. The maximum atomic E-state index is 13.5. The Bertz CT molecular complexity index is 1170. The molecule has 0 amide bonds. The van der Waals surface area contributed by atoms with E-state index in [2.05, 4.69) is 16.4 Å². The Morgan fingerprint density at radius 2 is 1.88 bits per heavy atom. The largest absolute Gasteiger partial charge is 0.479 e. The molecule has 1 N–H and O–H groups in total. The summed E-state index contributed by atoms with van der Waals surface area (Å²) in [6, 6.07) is 9.07. The zero-order chi connectivity index (χ0) is 23.4. The topological polar surface area (TPSA) is 62.9 Å². The number of carboxylic acid groups (broad SMARTS) is 1. The number of nitrogens with zero attached hydrogens (tertiary/aromatic N) is 1. The Morgan fingerprint density at radius 3 is 2.61 bits per heavy atom. The summed E-state index contributed by atoms with van der Waals surface area (Å²) in [5.41, 5.74) is 8.31. The minimum absolute atomic E-state index is 0.366. The molecule has 0 radical (unpaired) electrons. The van der Waals surface area contributed by atoms with Gasteiger partial charge in [-0.1, -0.05) is 30.0 Å². The lowest BCUT2D eigenvalue weighted by molar-refractivity contribution is -0.140. The summed E-state index contributed by atoms with van der Waals surface area (Å²) in [6.07, 6.45) is 3.34. The Balaban J connectivity index is 1.38. The van der Waals surface area contributed by atoms with Crippen molar-refractivity contribution in [2.45, 2.75) is 25.3 Å². The minimum atomic E-state index is -3.49. The van der Waals surface area contributed by atoms with Crippen molar-refractivity contribution < 1.29 is 32.2 Å². The van der Waals surface area contributed by atoms with Gasteiger partial charge in [0.25, 0.3) is 0 Å². The first-order chi connectivity index (χ1) is 15.8.